The van der Waals surface area contributed by atoms with Crippen LogP contribution in [-0.4, -0.2) is 32.3 Å². The van der Waals surface area contributed by atoms with E-state index in [-0.39, 0.29) is 17.3 Å². The van der Waals surface area contributed by atoms with E-state index in [0.717, 1.165) is 37.1 Å². The highest BCUT2D eigenvalue weighted by Gasteiger charge is 2.19. The van der Waals surface area contributed by atoms with E-state index in [4.69, 9.17) is 0 Å². The molecule has 0 aromatic heterocycles. The monoisotopic (exact) mass is 372 g/mol. The lowest BCUT2D eigenvalue weighted by atomic mass is 10.1. The Morgan fingerprint density at radius 2 is 1.77 bits per heavy atom. The minimum Gasteiger partial charge on any atom is -0.339 e. The van der Waals surface area contributed by atoms with E-state index in [1.807, 2.05) is 24.0 Å². The molecular formula is C20H24N2O3S. The van der Waals surface area contributed by atoms with Gasteiger partial charge in [-0.1, -0.05) is 24.3 Å². The molecule has 3 rings (SSSR count). The summed E-state index contributed by atoms with van der Waals surface area (Å²) in [5, 5.41) is 0. The van der Waals surface area contributed by atoms with Crippen molar-refractivity contribution in [1.82, 2.24) is 9.62 Å². The number of carbonyl (C=O) groups is 1. The lowest BCUT2D eigenvalue weighted by molar-refractivity contribution is 0.0724. The number of piperidine rings is 1. The lowest BCUT2D eigenvalue weighted by Crippen LogP contribution is -2.35. The van der Waals surface area contributed by atoms with Crippen molar-refractivity contribution in [3.63, 3.8) is 0 Å². The maximum Gasteiger partial charge on any atom is 0.253 e. The number of nitrogens with one attached hydrogen (secondary N) is 1. The minimum absolute atomic E-state index is 0.0214. The molecule has 138 valence electrons. The highest BCUT2D eigenvalue weighted by Crippen LogP contribution is 2.15. The van der Waals surface area contributed by atoms with Gasteiger partial charge < -0.3 is 4.90 Å². The number of likely N-dealkylation sites (tertiary alicyclic amines) is 1. The first-order chi connectivity index (χ1) is 12.5. The maximum absolute atomic E-state index is 12.6. The fourth-order valence-electron chi connectivity index (χ4n) is 3.14. The lowest BCUT2D eigenvalue weighted by Gasteiger charge is -2.26. The molecule has 0 spiro atoms. The fourth-order valence-corrected chi connectivity index (χ4v) is 4.26. The molecule has 26 heavy (non-hydrogen) atoms. The first-order valence-corrected chi connectivity index (χ1v) is 10.4. The molecule has 0 unspecified atom stereocenters. The number of aryl methyl sites for hydroxylation is 1. The normalized spacial score (nSPS) is 15.0. The van der Waals surface area contributed by atoms with Crippen LogP contribution in [0.15, 0.2) is 53.4 Å². The van der Waals surface area contributed by atoms with Crippen molar-refractivity contribution in [1.29, 1.82) is 0 Å². The van der Waals surface area contributed by atoms with Gasteiger partial charge in [0, 0.05) is 25.2 Å². The molecule has 5 nitrogen and oxygen atoms in total. The summed E-state index contributed by atoms with van der Waals surface area (Å²) in [5.74, 6) is 0.0214. The summed E-state index contributed by atoms with van der Waals surface area (Å²) in [7, 11) is -3.58. The van der Waals surface area contributed by atoms with Crippen molar-refractivity contribution in [3.05, 3.63) is 65.2 Å². The van der Waals surface area contributed by atoms with Crippen molar-refractivity contribution in [2.75, 3.05) is 13.1 Å². The standard InChI is InChI=1S/C20H24N2O3S/c1-16-7-5-10-19(13-16)26(24,25)21-15-17-8-6-9-18(14-17)20(23)22-11-3-2-4-12-22/h5-10,13-14,21H,2-4,11-12,15H2,1H3. The third-order valence-corrected chi connectivity index (χ3v) is 5.98. The minimum atomic E-state index is -3.58. The molecule has 2 aromatic carbocycles. The van der Waals surface area contributed by atoms with Crippen molar-refractivity contribution >= 4 is 15.9 Å². The second-order valence-corrected chi connectivity index (χ2v) is 8.46. The third kappa shape index (κ3) is 4.51. The summed E-state index contributed by atoms with van der Waals surface area (Å²) in [6, 6.07) is 14.0. The van der Waals surface area contributed by atoms with Crippen molar-refractivity contribution in [2.45, 2.75) is 37.6 Å². The average molecular weight is 372 g/mol. The van der Waals surface area contributed by atoms with E-state index in [2.05, 4.69) is 4.72 Å². The van der Waals surface area contributed by atoms with Gasteiger partial charge in [0.05, 0.1) is 4.90 Å². The van der Waals surface area contributed by atoms with Gasteiger partial charge in [-0.3, -0.25) is 4.79 Å². The van der Waals surface area contributed by atoms with E-state index >= 15 is 0 Å². The van der Waals surface area contributed by atoms with Gasteiger partial charge in [-0.25, -0.2) is 13.1 Å². The molecule has 0 aliphatic carbocycles. The fraction of sp³-hybridized carbons (Fsp3) is 0.350. The van der Waals surface area contributed by atoms with Crippen LogP contribution in [0, 0.1) is 6.92 Å². The summed E-state index contributed by atoms with van der Waals surface area (Å²) in [6.07, 6.45) is 3.26. The van der Waals surface area contributed by atoms with Crippen LogP contribution in [0.2, 0.25) is 0 Å². The molecule has 1 aliphatic rings. The zero-order valence-corrected chi connectivity index (χ0v) is 15.8. The van der Waals surface area contributed by atoms with Crippen LogP contribution < -0.4 is 4.72 Å². The number of carbonyl (C=O) groups excluding carboxylic acids is 1. The number of hydrogen-bond donors (Lipinski definition) is 1. The number of amides is 1. The van der Waals surface area contributed by atoms with Crippen LogP contribution in [0.3, 0.4) is 0 Å². The SMILES string of the molecule is Cc1cccc(S(=O)(=O)NCc2cccc(C(=O)N3CCCCC3)c2)c1. The maximum atomic E-state index is 12.6. The van der Waals surface area contributed by atoms with E-state index in [0.29, 0.717) is 5.56 Å². The molecular weight excluding hydrogens is 348 g/mol. The molecule has 1 fully saturated rings. The Labute approximate surface area is 155 Å². The molecule has 6 heteroatoms. The summed E-state index contributed by atoms with van der Waals surface area (Å²) in [6.45, 7) is 3.60. The van der Waals surface area contributed by atoms with Gasteiger partial charge in [-0.2, -0.15) is 0 Å². The highest BCUT2D eigenvalue weighted by molar-refractivity contribution is 7.89. The van der Waals surface area contributed by atoms with E-state index in [1.54, 1.807) is 36.4 Å². The zero-order chi connectivity index (χ0) is 18.6. The van der Waals surface area contributed by atoms with Crippen LogP contribution >= 0.6 is 0 Å². The third-order valence-electron chi connectivity index (χ3n) is 4.58. The van der Waals surface area contributed by atoms with Gasteiger partial charge in [0.25, 0.3) is 5.91 Å². The Kier molecular flexibility index (Phi) is 5.74. The van der Waals surface area contributed by atoms with Gasteiger partial charge in [-0.15, -0.1) is 0 Å². The molecule has 1 heterocycles. The van der Waals surface area contributed by atoms with Crippen molar-refractivity contribution < 1.29 is 13.2 Å². The predicted molar refractivity (Wildman–Crippen MR) is 101 cm³/mol. The Hall–Kier alpha value is -2.18. The number of rotatable bonds is 5. The quantitative estimate of drug-likeness (QED) is 0.877. The summed E-state index contributed by atoms with van der Waals surface area (Å²) >= 11 is 0. The number of nitrogens with zero attached hydrogens (tertiary/aromatic N) is 1. The van der Waals surface area contributed by atoms with Crippen LogP contribution in [0.1, 0.15) is 40.7 Å². The molecule has 0 atom stereocenters. The van der Waals surface area contributed by atoms with Gasteiger partial charge in [0.15, 0.2) is 0 Å². The number of hydrogen-bond acceptors (Lipinski definition) is 3. The van der Waals surface area contributed by atoms with Gasteiger partial charge in [0.1, 0.15) is 0 Å². The topological polar surface area (TPSA) is 66.5 Å². The van der Waals surface area contributed by atoms with E-state index in [9.17, 15) is 13.2 Å². The Morgan fingerprint density at radius 1 is 1.04 bits per heavy atom. The van der Waals surface area contributed by atoms with E-state index < -0.39 is 10.0 Å². The Morgan fingerprint density at radius 3 is 2.50 bits per heavy atom. The summed E-state index contributed by atoms with van der Waals surface area (Å²) in [5.41, 5.74) is 2.27. The molecule has 0 saturated carbocycles. The molecule has 2 aromatic rings. The largest absolute Gasteiger partial charge is 0.339 e. The van der Waals surface area contributed by atoms with Crippen LogP contribution in [0.25, 0.3) is 0 Å². The first-order valence-electron chi connectivity index (χ1n) is 8.90. The summed E-state index contributed by atoms with van der Waals surface area (Å²) < 4.78 is 27.5. The van der Waals surface area contributed by atoms with Crippen molar-refractivity contribution in [3.8, 4) is 0 Å². The molecule has 0 bridgehead atoms. The molecule has 1 amide bonds. The molecule has 1 saturated heterocycles. The van der Waals surface area contributed by atoms with Gasteiger partial charge in [-0.05, 0) is 61.6 Å². The summed E-state index contributed by atoms with van der Waals surface area (Å²) in [4.78, 5) is 14.7. The number of benzene rings is 2. The average Bonchev–Trinajstić information content (AvgIpc) is 2.67. The second-order valence-electron chi connectivity index (χ2n) is 6.69. The van der Waals surface area contributed by atoms with Crippen LogP contribution in [0.5, 0.6) is 0 Å². The number of sulfonamides is 1. The van der Waals surface area contributed by atoms with E-state index in [1.165, 1.54) is 6.42 Å². The smallest absolute Gasteiger partial charge is 0.253 e. The van der Waals surface area contributed by atoms with Gasteiger partial charge in [0.2, 0.25) is 10.0 Å². The Bertz CT molecular complexity index is 887. The first kappa shape index (κ1) is 18.6. The molecule has 1 N–H and O–H groups in total. The van der Waals surface area contributed by atoms with Crippen LogP contribution in [-0.2, 0) is 16.6 Å². The van der Waals surface area contributed by atoms with Crippen LogP contribution in [0.4, 0.5) is 0 Å². The highest BCUT2D eigenvalue weighted by atomic mass is 32.2. The predicted octanol–water partition coefficient (Wildman–Crippen LogP) is 3.10. The van der Waals surface area contributed by atoms with Gasteiger partial charge >= 0.3 is 0 Å². The second kappa shape index (κ2) is 8.01. The molecule has 0 radical (unpaired) electrons. The molecule has 1 aliphatic heterocycles. The Balaban J connectivity index is 1.70. The zero-order valence-electron chi connectivity index (χ0n) is 14.9. The van der Waals surface area contributed by atoms with Crippen molar-refractivity contribution in [2.24, 2.45) is 0 Å².